The Balaban J connectivity index is 0. The number of carbonyl (C=O) groups is 1. The second-order valence-electron chi connectivity index (χ2n) is 4.36. The van der Waals surface area contributed by atoms with Gasteiger partial charge in [-0.05, 0) is 0 Å². The molecule has 0 radical (unpaired) electrons. The molecule has 1 rings (SSSR count). The van der Waals surface area contributed by atoms with Crippen molar-refractivity contribution in [2.24, 2.45) is 0 Å². The zero-order chi connectivity index (χ0) is 13.2. The molecule has 16 heavy (non-hydrogen) atoms. The van der Waals surface area contributed by atoms with Gasteiger partial charge in [-0.2, -0.15) is 0 Å². The summed E-state index contributed by atoms with van der Waals surface area (Å²) in [5, 5.41) is 2.97. The van der Waals surface area contributed by atoms with Crippen LogP contribution in [0, 0.1) is 0 Å². The van der Waals surface area contributed by atoms with Gasteiger partial charge in [-0.3, -0.25) is 4.79 Å². The molecule has 1 aliphatic heterocycles. The Labute approximate surface area is 102 Å². The summed E-state index contributed by atoms with van der Waals surface area (Å²) in [6.45, 7) is 11.9. The molecule has 1 saturated heterocycles. The first kappa shape index (κ1) is 17.8. The molecule has 3 nitrogen and oxygen atoms in total. The highest BCUT2D eigenvalue weighted by Gasteiger charge is 2.25. The average molecular weight is 231 g/mol. The summed E-state index contributed by atoms with van der Waals surface area (Å²) in [5.74, 6) is 0.104. The van der Waals surface area contributed by atoms with Crippen LogP contribution in [0.5, 0.6) is 0 Å². The molecule has 0 spiro atoms. The maximum absolute atomic E-state index is 10.8. The fourth-order valence-electron chi connectivity index (χ4n) is 1.70. The van der Waals surface area contributed by atoms with E-state index in [1.807, 2.05) is 27.7 Å². The van der Waals surface area contributed by atoms with Crippen molar-refractivity contribution in [3.8, 4) is 0 Å². The SMILES string of the molecule is CC.CC.CC(=O)NC1CC[N+](C)(C)CC1. The molecule has 0 aromatic heterocycles. The fourth-order valence-corrected chi connectivity index (χ4v) is 1.70. The standard InChI is InChI=1S/C9H18N2O.2C2H6/c1-8(12)10-9-4-6-11(2,3)7-5-9;2*1-2/h9H,4-7H2,1-3H3;2*1-2H3/p+1. The molecule has 3 heteroatoms. The van der Waals surface area contributed by atoms with E-state index in [0.717, 1.165) is 17.3 Å². The number of hydrogen-bond donors (Lipinski definition) is 1. The highest BCUT2D eigenvalue weighted by atomic mass is 16.1. The van der Waals surface area contributed by atoms with E-state index in [0.29, 0.717) is 6.04 Å². The largest absolute Gasteiger partial charge is 0.353 e. The van der Waals surface area contributed by atoms with Crippen LogP contribution in [0.2, 0.25) is 0 Å². The van der Waals surface area contributed by atoms with Crippen molar-refractivity contribution < 1.29 is 9.28 Å². The zero-order valence-corrected chi connectivity index (χ0v) is 12.3. The first-order valence-electron chi connectivity index (χ1n) is 6.59. The fraction of sp³-hybridized carbons (Fsp3) is 0.923. The number of quaternary nitrogens is 1. The van der Waals surface area contributed by atoms with Crippen LogP contribution < -0.4 is 5.32 Å². The molecule has 0 aromatic rings. The van der Waals surface area contributed by atoms with Gasteiger partial charge in [-0.25, -0.2) is 0 Å². The minimum atomic E-state index is 0.104. The maximum atomic E-state index is 10.8. The van der Waals surface area contributed by atoms with Crippen LogP contribution in [0.25, 0.3) is 0 Å². The van der Waals surface area contributed by atoms with Crippen molar-refractivity contribution in [3.05, 3.63) is 0 Å². The van der Waals surface area contributed by atoms with Crippen LogP contribution in [0.4, 0.5) is 0 Å². The van der Waals surface area contributed by atoms with Gasteiger partial charge in [0.25, 0.3) is 0 Å². The van der Waals surface area contributed by atoms with E-state index in [1.54, 1.807) is 6.92 Å². The third kappa shape index (κ3) is 8.72. The molecule has 1 heterocycles. The molecule has 98 valence electrons. The van der Waals surface area contributed by atoms with E-state index in [2.05, 4.69) is 19.4 Å². The van der Waals surface area contributed by atoms with Crippen LogP contribution in [0.1, 0.15) is 47.5 Å². The molecule has 1 fully saturated rings. The number of carbonyl (C=O) groups excluding carboxylic acids is 1. The zero-order valence-electron chi connectivity index (χ0n) is 12.3. The van der Waals surface area contributed by atoms with Gasteiger partial charge in [0.15, 0.2) is 0 Å². The molecule has 0 bridgehead atoms. The maximum Gasteiger partial charge on any atom is 0.217 e. The van der Waals surface area contributed by atoms with Crippen molar-refractivity contribution >= 4 is 5.91 Å². The van der Waals surface area contributed by atoms with Gasteiger partial charge in [0.2, 0.25) is 5.91 Å². The normalized spacial score (nSPS) is 18.4. The highest BCUT2D eigenvalue weighted by Crippen LogP contribution is 2.13. The minimum absolute atomic E-state index is 0.104. The van der Waals surface area contributed by atoms with Gasteiger partial charge in [-0.1, -0.05) is 27.7 Å². The minimum Gasteiger partial charge on any atom is -0.353 e. The Bertz CT molecular complexity index is 169. The number of amides is 1. The molecular formula is C13H31N2O+. The summed E-state index contributed by atoms with van der Waals surface area (Å²) in [7, 11) is 4.48. The van der Waals surface area contributed by atoms with Crippen molar-refractivity contribution in [1.82, 2.24) is 5.32 Å². The third-order valence-electron chi connectivity index (χ3n) is 2.57. The molecule has 1 amide bonds. The van der Waals surface area contributed by atoms with Gasteiger partial charge in [-0.15, -0.1) is 0 Å². The van der Waals surface area contributed by atoms with Crippen LogP contribution in [-0.4, -0.2) is 43.6 Å². The molecule has 1 aliphatic rings. The van der Waals surface area contributed by atoms with E-state index in [9.17, 15) is 4.79 Å². The lowest BCUT2D eigenvalue weighted by molar-refractivity contribution is -0.895. The molecule has 0 unspecified atom stereocenters. The second-order valence-corrected chi connectivity index (χ2v) is 4.36. The molecule has 0 aromatic carbocycles. The number of likely N-dealkylation sites (tertiary alicyclic amines) is 1. The Hall–Kier alpha value is -0.570. The quantitative estimate of drug-likeness (QED) is 0.690. The summed E-state index contributed by atoms with van der Waals surface area (Å²) in [4.78, 5) is 10.8. The lowest BCUT2D eigenvalue weighted by Gasteiger charge is -2.37. The smallest absolute Gasteiger partial charge is 0.217 e. The monoisotopic (exact) mass is 231 g/mol. The van der Waals surface area contributed by atoms with E-state index < -0.39 is 0 Å². The van der Waals surface area contributed by atoms with Crippen LogP contribution in [0.15, 0.2) is 0 Å². The van der Waals surface area contributed by atoms with Crippen molar-refractivity contribution in [2.75, 3.05) is 27.2 Å². The second kappa shape index (κ2) is 9.64. The van der Waals surface area contributed by atoms with E-state index >= 15 is 0 Å². The summed E-state index contributed by atoms with van der Waals surface area (Å²) in [6, 6.07) is 0.425. The highest BCUT2D eigenvalue weighted by molar-refractivity contribution is 5.73. The molecule has 0 atom stereocenters. The van der Waals surface area contributed by atoms with E-state index in [1.165, 1.54) is 13.1 Å². The number of hydrogen-bond acceptors (Lipinski definition) is 1. The number of nitrogens with zero attached hydrogens (tertiary/aromatic N) is 1. The van der Waals surface area contributed by atoms with E-state index in [-0.39, 0.29) is 5.91 Å². The van der Waals surface area contributed by atoms with E-state index in [4.69, 9.17) is 0 Å². The van der Waals surface area contributed by atoms with Gasteiger partial charge in [0, 0.05) is 25.8 Å². The van der Waals surface area contributed by atoms with Crippen LogP contribution in [0.3, 0.4) is 0 Å². The Kier molecular flexibility index (Phi) is 10.7. The van der Waals surface area contributed by atoms with Gasteiger partial charge in [0.05, 0.1) is 27.2 Å². The topological polar surface area (TPSA) is 29.1 Å². The van der Waals surface area contributed by atoms with Crippen LogP contribution >= 0.6 is 0 Å². The van der Waals surface area contributed by atoms with Crippen molar-refractivity contribution in [1.29, 1.82) is 0 Å². The number of nitrogens with one attached hydrogen (secondary N) is 1. The first-order chi connectivity index (χ1) is 7.49. The number of rotatable bonds is 1. The van der Waals surface area contributed by atoms with Crippen molar-refractivity contribution in [3.63, 3.8) is 0 Å². The summed E-state index contributed by atoms with van der Waals surface area (Å²) in [5.41, 5.74) is 0. The third-order valence-corrected chi connectivity index (χ3v) is 2.57. The molecule has 0 aliphatic carbocycles. The van der Waals surface area contributed by atoms with Crippen LogP contribution in [-0.2, 0) is 4.79 Å². The number of piperidine rings is 1. The lowest BCUT2D eigenvalue weighted by Crippen LogP contribution is -2.51. The predicted octanol–water partition coefficient (Wildman–Crippen LogP) is 2.41. The Morgan fingerprint density at radius 3 is 1.75 bits per heavy atom. The first-order valence-corrected chi connectivity index (χ1v) is 6.59. The Morgan fingerprint density at radius 1 is 1.06 bits per heavy atom. The van der Waals surface area contributed by atoms with Gasteiger partial charge in [0.1, 0.15) is 0 Å². The van der Waals surface area contributed by atoms with Gasteiger partial charge >= 0.3 is 0 Å². The van der Waals surface area contributed by atoms with Gasteiger partial charge < -0.3 is 9.80 Å². The summed E-state index contributed by atoms with van der Waals surface area (Å²) < 4.78 is 1.09. The average Bonchev–Trinajstić information content (AvgIpc) is 2.27. The molecule has 0 saturated carbocycles. The van der Waals surface area contributed by atoms with Crippen molar-refractivity contribution in [2.45, 2.75) is 53.5 Å². The lowest BCUT2D eigenvalue weighted by atomic mass is 10.0. The Morgan fingerprint density at radius 2 is 1.44 bits per heavy atom. The molecular weight excluding hydrogens is 200 g/mol. The summed E-state index contributed by atoms with van der Waals surface area (Å²) >= 11 is 0. The summed E-state index contributed by atoms with van der Waals surface area (Å²) in [6.07, 6.45) is 2.24. The predicted molar refractivity (Wildman–Crippen MR) is 71.4 cm³/mol. The molecule has 1 N–H and O–H groups in total.